The second kappa shape index (κ2) is 11.7. The lowest BCUT2D eigenvalue weighted by Crippen LogP contribution is -2.21. The molecular weight excluding hydrogens is 465 g/mol. The van der Waals surface area contributed by atoms with Crippen molar-refractivity contribution in [3.8, 4) is 11.5 Å². The lowest BCUT2D eigenvalue weighted by atomic mass is 9.78. The van der Waals surface area contributed by atoms with Gasteiger partial charge in [-0.25, -0.2) is 0 Å². The number of alkyl halides is 1. The number of halogens is 3. The first-order chi connectivity index (χ1) is 14.7. The van der Waals surface area contributed by atoms with E-state index in [1.54, 1.807) is 24.3 Å². The Bertz CT molecular complexity index is 896. The van der Waals surface area contributed by atoms with E-state index in [0.717, 1.165) is 11.1 Å². The monoisotopic (exact) mass is 487 g/mol. The van der Waals surface area contributed by atoms with Crippen molar-refractivity contribution in [3.63, 3.8) is 0 Å². The van der Waals surface area contributed by atoms with Gasteiger partial charge in [-0.2, -0.15) is 0 Å². The summed E-state index contributed by atoms with van der Waals surface area (Å²) in [5.41, 5.74) is 9.72. The van der Waals surface area contributed by atoms with Gasteiger partial charge in [0.1, 0.15) is 25.1 Å². The predicted molar refractivity (Wildman–Crippen MR) is 123 cm³/mol. The topological polar surface area (TPSA) is 108 Å². The van der Waals surface area contributed by atoms with E-state index >= 15 is 0 Å². The maximum Gasteiger partial charge on any atom is 0.156 e. The van der Waals surface area contributed by atoms with Crippen LogP contribution in [-0.4, -0.2) is 48.1 Å². The van der Waals surface area contributed by atoms with E-state index in [1.807, 2.05) is 26.0 Å². The Kier molecular flexibility index (Phi) is 9.56. The first-order valence-corrected chi connectivity index (χ1v) is 10.8. The van der Waals surface area contributed by atoms with Gasteiger partial charge in [-0.1, -0.05) is 54.3 Å². The molecule has 0 bridgehead atoms. The van der Waals surface area contributed by atoms with Gasteiger partial charge in [-0.15, -0.1) is 11.6 Å². The minimum absolute atomic E-state index is 0.00923. The third kappa shape index (κ3) is 7.07. The fourth-order valence-electron chi connectivity index (χ4n) is 2.79. The van der Waals surface area contributed by atoms with Crippen LogP contribution in [0.3, 0.4) is 0 Å². The fraction of sp³-hybridized carbons (Fsp3) is 0.429. The molecule has 0 amide bonds. The number of aliphatic hydroxyl groups is 2. The van der Waals surface area contributed by atoms with Crippen LogP contribution in [0.25, 0.3) is 10.4 Å². The van der Waals surface area contributed by atoms with Crippen LogP contribution >= 0.6 is 34.8 Å². The Labute approximate surface area is 196 Å². The average molecular weight is 489 g/mol. The van der Waals surface area contributed by atoms with E-state index in [4.69, 9.17) is 49.8 Å². The fourth-order valence-corrected chi connectivity index (χ4v) is 3.48. The molecule has 7 nitrogen and oxygen atoms in total. The van der Waals surface area contributed by atoms with Crippen LogP contribution in [0.15, 0.2) is 41.5 Å². The highest BCUT2D eigenvalue weighted by molar-refractivity contribution is 6.37. The highest BCUT2D eigenvalue weighted by atomic mass is 35.5. The van der Waals surface area contributed by atoms with Crippen LogP contribution in [0, 0.1) is 0 Å². The lowest BCUT2D eigenvalue weighted by molar-refractivity contribution is 0.114. The summed E-state index contributed by atoms with van der Waals surface area (Å²) in [6.07, 6.45) is -1.69. The number of aliphatic hydroxyl groups excluding tert-OH is 2. The Morgan fingerprint density at radius 1 is 1.00 bits per heavy atom. The second-order valence-electron chi connectivity index (χ2n) is 7.42. The van der Waals surface area contributed by atoms with Gasteiger partial charge in [0.25, 0.3) is 0 Å². The predicted octanol–water partition coefficient (Wildman–Crippen LogP) is 5.35. The number of rotatable bonds is 11. The SMILES string of the molecule is CC(C)(c1ccc(OCC(O)CN=[N+]=[N-])cc1)c1cc(Cl)c(OCC(O)CCl)c(Cl)c1. The highest BCUT2D eigenvalue weighted by Crippen LogP contribution is 2.40. The summed E-state index contributed by atoms with van der Waals surface area (Å²) in [6.45, 7) is 4.03. The van der Waals surface area contributed by atoms with Crippen LogP contribution < -0.4 is 9.47 Å². The average Bonchev–Trinajstić information content (AvgIpc) is 2.75. The molecule has 10 heteroatoms. The second-order valence-corrected chi connectivity index (χ2v) is 8.54. The molecule has 2 unspecified atom stereocenters. The van der Waals surface area contributed by atoms with Crippen molar-refractivity contribution in [2.45, 2.75) is 31.5 Å². The van der Waals surface area contributed by atoms with Gasteiger partial charge in [-0.3, -0.25) is 0 Å². The van der Waals surface area contributed by atoms with E-state index in [0.29, 0.717) is 21.5 Å². The van der Waals surface area contributed by atoms with Gasteiger partial charge in [0.05, 0.1) is 28.6 Å². The Hall–Kier alpha value is -1.86. The van der Waals surface area contributed by atoms with Gasteiger partial charge in [-0.05, 0) is 40.9 Å². The molecule has 0 radical (unpaired) electrons. The summed E-state index contributed by atoms with van der Waals surface area (Å²) in [6, 6.07) is 11.0. The molecule has 0 spiro atoms. The summed E-state index contributed by atoms with van der Waals surface area (Å²) < 4.78 is 11.0. The molecule has 0 saturated heterocycles. The summed E-state index contributed by atoms with van der Waals surface area (Å²) in [7, 11) is 0. The van der Waals surface area contributed by atoms with E-state index < -0.39 is 17.6 Å². The molecule has 0 heterocycles. The summed E-state index contributed by atoms with van der Waals surface area (Å²) in [4.78, 5) is 2.60. The smallest absolute Gasteiger partial charge is 0.156 e. The molecule has 0 fully saturated rings. The molecule has 0 aliphatic heterocycles. The molecule has 2 aromatic rings. The van der Waals surface area contributed by atoms with E-state index in [-0.39, 0.29) is 25.6 Å². The summed E-state index contributed by atoms with van der Waals surface area (Å²) in [5.74, 6) is 0.930. The van der Waals surface area contributed by atoms with Gasteiger partial charge >= 0.3 is 0 Å². The van der Waals surface area contributed by atoms with Crippen molar-refractivity contribution < 1.29 is 19.7 Å². The molecule has 0 saturated carbocycles. The lowest BCUT2D eigenvalue weighted by Gasteiger charge is -2.27. The Balaban J connectivity index is 2.14. The van der Waals surface area contributed by atoms with Crippen LogP contribution in [0.5, 0.6) is 11.5 Å². The first-order valence-electron chi connectivity index (χ1n) is 9.47. The van der Waals surface area contributed by atoms with Crippen LogP contribution in [0.1, 0.15) is 25.0 Å². The van der Waals surface area contributed by atoms with Crippen LogP contribution in [0.4, 0.5) is 0 Å². The number of hydrogen-bond donors (Lipinski definition) is 2. The largest absolute Gasteiger partial charge is 0.491 e. The van der Waals surface area contributed by atoms with Gasteiger partial charge in [0, 0.05) is 10.3 Å². The standard InChI is InChI=1S/C21H24Cl3N3O4/c1-21(2,13-3-5-17(6-4-13)30-12-16(29)10-26-27-25)14-7-18(23)20(19(24)8-14)31-11-15(28)9-22/h3-8,15-16,28-29H,9-12H2,1-2H3. The van der Waals surface area contributed by atoms with E-state index in [1.165, 1.54) is 0 Å². The minimum Gasteiger partial charge on any atom is -0.491 e. The number of hydrogen-bond acceptors (Lipinski definition) is 5. The van der Waals surface area contributed by atoms with Gasteiger partial charge in [0.2, 0.25) is 0 Å². The first kappa shape index (κ1) is 25.4. The maximum absolute atomic E-state index is 9.69. The zero-order valence-electron chi connectivity index (χ0n) is 17.1. The number of azide groups is 1. The quantitative estimate of drug-likeness (QED) is 0.192. The molecule has 168 valence electrons. The van der Waals surface area contributed by atoms with Crippen LogP contribution in [0.2, 0.25) is 10.0 Å². The molecule has 2 N–H and O–H groups in total. The number of ether oxygens (including phenoxy) is 2. The molecule has 2 rings (SSSR count). The van der Waals surface area contributed by atoms with E-state index in [9.17, 15) is 10.2 Å². The van der Waals surface area contributed by atoms with Crippen molar-refractivity contribution in [1.29, 1.82) is 0 Å². The van der Waals surface area contributed by atoms with Crippen molar-refractivity contribution >= 4 is 34.8 Å². The summed E-state index contributed by atoms with van der Waals surface area (Å²) in [5, 5.41) is 23.3. The van der Waals surface area contributed by atoms with Crippen molar-refractivity contribution in [1.82, 2.24) is 0 Å². The molecule has 0 aliphatic carbocycles. The zero-order valence-corrected chi connectivity index (χ0v) is 19.4. The van der Waals surface area contributed by atoms with Crippen molar-refractivity contribution in [2.75, 3.05) is 25.6 Å². The number of nitrogens with zero attached hydrogens (tertiary/aromatic N) is 3. The molecule has 0 aliphatic rings. The minimum atomic E-state index is -0.873. The normalized spacial score (nSPS) is 13.3. The molecular formula is C21H24Cl3N3O4. The third-order valence-corrected chi connectivity index (χ3v) is 5.61. The molecule has 2 atom stereocenters. The maximum atomic E-state index is 9.69. The Morgan fingerprint density at radius 2 is 1.58 bits per heavy atom. The van der Waals surface area contributed by atoms with E-state index in [2.05, 4.69) is 10.0 Å². The van der Waals surface area contributed by atoms with Gasteiger partial charge < -0.3 is 19.7 Å². The molecule has 0 aromatic heterocycles. The Morgan fingerprint density at radius 3 is 2.13 bits per heavy atom. The highest BCUT2D eigenvalue weighted by Gasteiger charge is 2.26. The van der Waals surface area contributed by atoms with Crippen molar-refractivity contribution in [3.05, 3.63) is 68.0 Å². The summed E-state index contributed by atoms with van der Waals surface area (Å²) >= 11 is 18.4. The van der Waals surface area contributed by atoms with Gasteiger partial charge in [0.15, 0.2) is 5.75 Å². The number of benzene rings is 2. The molecule has 31 heavy (non-hydrogen) atoms. The van der Waals surface area contributed by atoms with Crippen molar-refractivity contribution in [2.24, 2.45) is 5.11 Å². The molecule has 2 aromatic carbocycles. The zero-order chi connectivity index (χ0) is 23.0. The third-order valence-electron chi connectivity index (χ3n) is 4.69. The van der Waals surface area contributed by atoms with Crippen LogP contribution in [-0.2, 0) is 5.41 Å².